The predicted molar refractivity (Wildman–Crippen MR) is 425 cm³/mol. The van der Waals surface area contributed by atoms with E-state index in [4.69, 9.17) is 111 Å². The Morgan fingerprint density at radius 3 is 1.12 bits per heavy atom. The Morgan fingerprint density at radius 1 is 0.431 bits per heavy atom. The Labute approximate surface area is 693 Å². The van der Waals surface area contributed by atoms with Crippen molar-refractivity contribution in [1.82, 2.24) is 0 Å². The highest BCUT2D eigenvalue weighted by atomic mass is 32.2. The molecule has 4 rings (SSSR count). The maximum atomic E-state index is 13.0. The molecule has 0 aromatic rings. The Hall–Kier alpha value is -5.74. The van der Waals surface area contributed by atoms with E-state index in [1.807, 2.05) is 55.4 Å². The Morgan fingerprint density at radius 2 is 0.759 bits per heavy atom. The summed E-state index contributed by atoms with van der Waals surface area (Å²) in [5.74, 6) is -3.76. The molecule has 668 valence electrons. The van der Waals surface area contributed by atoms with Crippen LogP contribution in [0.2, 0.25) is 0 Å². The van der Waals surface area contributed by atoms with Crippen molar-refractivity contribution in [3.8, 4) is 0 Å². The average Bonchev–Trinajstić information content (AvgIpc) is 0.784. The smallest absolute Gasteiger partial charge is 0.309 e. The quantitative estimate of drug-likeness (QED) is 0.00745. The summed E-state index contributed by atoms with van der Waals surface area (Å²) in [6.45, 7) is 32.5. The van der Waals surface area contributed by atoms with Crippen LogP contribution >= 0.6 is 24.4 Å². The SMILES string of the molecule is C=CCC(CCCCO)C(=O)OCCOCCOCCOCCN=[N+]=[N-].CC[C@H]1O[C@H](O[C@H]2O[C@H](CS)[C@@H](OC(C)=O)[C@H](C)[C@H]2C)[C@H](OC(C)=O)[C@@H](OC(C)=O)[C@@H]1C.CC[C@H]1O[C@H](O[C@H]2O[C@H](CSCCCC(CCCCO)C(=O)OCCOCCOCCOCCN=[N+]=[N-])[C@@H](OC(C)=O)[C@H](C)[C@H]2C)[C@H](OC(C)=O)[C@@H](OC(C)=O)[C@@H]1C. The van der Waals surface area contributed by atoms with Crippen LogP contribution in [-0.2, 0) is 133 Å². The van der Waals surface area contributed by atoms with Crippen LogP contribution in [-0.4, -0.2) is 280 Å². The third-order valence-corrected chi connectivity index (χ3v) is 21.1. The summed E-state index contributed by atoms with van der Waals surface area (Å²) in [5, 5.41) is 24.8. The number of esters is 8. The molecular formula is C78H134N6O30S2. The van der Waals surface area contributed by atoms with Crippen LogP contribution in [0.1, 0.15) is 168 Å². The van der Waals surface area contributed by atoms with Crippen molar-refractivity contribution in [2.45, 2.75) is 254 Å². The standard InChI is InChI=1S/C39H67N3O15S.C22H36O9S.C17H31N3O6/c1-8-32-27(4)35(53-29(6)45)36(54-30(7)46)39(55-32)57-38-26(3)25(2)34(52-28(5)44)33(56-38)24-58-23-11-13-31(12-9-10-15-43)37(47)51-22-21-50-20-19-49-18-17-48-16-14-41-42-40;1-8-16-12(4)19(27-14(6)24)20(28-15(7)25)22(29-16)31-21-11(3)10(2)18(26-13(5)23)17(9-32)30-21;1-2-5-16(6-3-4-8-21)17(22)26-15-14-25-13-12-24-11-10-23-9-7-19-20-18/h25-27,31-36,38-39,43H,8-24H2,1-7H3;10-12,16-22,32H,8-9H2,1-7H3;2,16,21H,1,3-15H2/t25-,26-,27-,31?,32-,33-,34+,35+,36-,38-,39-;10-,11-,12-,16-,17-,18+,19+,20-,21-,22-;/m11./s1. The van der Waals surface area contributed by atoms with Crippen molar-refractivity contribution in [3.63, 3.8) is 0 Å². The van der Waals surface area contributed by atoms with Gasteiger partial charge in [-0.2, -0.15) is 24.4 Å². The van der Waals surface area contributed by atoms with Crippen LogP contribution in [0, 0.1) is 47.3 Å². The van der Waals surface area contributed by atoms with Crippen LogP contribution < -0.4 is 0 Å². The lowest BCUT2D eigenvalue weighted by Gasteiger charge is -2.48. The van der Waals surface area contributed by atoms with E-state index in [1.165, 1.54) is 41.5 Å². The van der Waals surface area contributed by atoms with Gasteiger partial charge < -0.3 is 105 Å². The minimum atomic E-state index is -1.09. The maximum Gasteiger partial charge on any atom is 0.309 e. The first-order chi connectivity index (χ1) is 55.6. The number of thiol groups is 1. The molecule has 2 unspecified atom stereocenters. The molecule has 38 heteroatoms. The Balaban J connectivity index is 0.000000658. The van der Waals surface area contributed by atoms with E-state index >= 15 is 0 Å². The fourth-order valence-electron chi connectivity index (χ4n) is 13.3. The zero-order chi connectivity index (χ0) is 86.3. The molecule has 0 aliphatic carbocycles. The molecular weight excluding hydrogens is 1570 g/mol. The summed E-state index contributed by atoms with van der Waals surface area (Å²) in [7, 11) is 0. The number of thioether (sulfide) groups is 1. The summed E-state index contributed by atoms with van der Waals surface area (Å²) >= 11 is 5.95. The second-order valence-electron chi connectivity index (χ2n) is 28.5. The number of ether oxygens (including phenoxy) is 20. The number of rotatable bonds is 55. The second-order valence-corrected chi connectivity index (χ2v) is 30.0. The van der Waals surface area contributed by atoms with Crippen LogP contribution in [0.5, 0.6) is 0 Å². The van der Waals surface area contributed by atoms with Crippen molar-refractivity contribution in [1.29, 1.82) is 0 Å². The number of aliphatic hydroxyl groups is 2. The van der Waals surface area contributed by atoms with Gasteiger partial charge in [0.2, 0.25) is 12.6 Å². The molecule has 2 N–H and O–H groups in total. The lowest BCUT2D eigenvalue weighted by molar-refractivity contribution is -0.357. The third-order valence-electron chi connectivity index (χ3n) is 19.6. The lowest BCUT2D eigenvalue weighted by Crippen LogP contribution is -2.60. The normalized spacial score (nSPS) is 27.3. The summed E-state index contributed by atoms with van der Waals surface area (Å²) in [5.41, 5.74) is 16.3. The lowest BCUT2D eigenvalue weighted by atomic mass is 9.84. The number of carbonyl (C=O) groups is 8. The van der Waals surface area contributed by atoms with E-state index in [1.54, 1.807) is 17.8 Å². The highest BCUT2D eigenvalue weighted by Gasteiger charge is 2.54. The summed E-state index contributed by atoms with van der Waals surface area (Å²) in [6, 6.07) is 0. The first-order valence-electron chi connectivity index (χ1n) is 40.4. The first kappa shape index (κ1) is 106. The van der Waals surface area contributed by atoms with Gasteiger partial charge in [-0.05, 0) is 74.6 Å². The first-order valence-corrected chi connectivity index (χ1v) is 42.2. The number of unbranched alkanes of at least 4 members (excludes halogenated alkanes) is 2. The number of nitrogens with zero attached hydrogens (tertiary/aromatic N) is 6. The molecule has 4 aliphatic rings. The topological polar surface area (TPSA) is 459 Å². The number of aliphatic hydroxyl groups excluding tert-OH is 2. The molecule has 36 nitrogen and oxygen atoms in total. The van der Waals surface area contributed by atoms with Crippen LogP contribution in [0.4, 0.5) is 0 Å². The van der Waals surface area contributed by atoms with Gasteiger partial charge in [0.15, 0.2) is 24.8 Å². The van der Waals surface area contributed by atoms with E-state index in [9.17, 15) is 43.5 Å². The molecule has 0 amide bonds. The molecule has 4 saturated heterocycles. The predicted octanol–water partition coefficient (Wildman–Crippen LogP) is 9.50. The fraction of sp³-hybridized carbons (Fsp3) is 0.872. The molecule has 0 radical (unpaired) electrons. The van der Waals surface area contributed by atoms with Crippen molar-refractivity contribution < 1.29 is 143 Å². The Kier molecular flexibility index (Phi) is 58.0. The van der Waals surface area contributed by atoms with Crippen molar-refractivity contribution in [3.05, 3.63) is 33.5 Å². The summed E-state index contributed by atoms with van der Waals surface area (Å²) in [6.07, 6.45) is -1.01. The highest BCUT2D eigenvalue weighted by Crippen LogP contribution is 2.41. The van der Waals surface area contributed by atoms with Gasteiger partial charge in [-0.25, -0.2) is 0 Å². The average molecular weight is 1700 g/mol. The number of carbonyl (C=O) groups excluding carboxylic acids is 8. The maximum absolute atomic E-state index is 13.0. The molecule has 0 spiro atoms. The molecule has 0 bridgehead atoms. The number of allylic oxidation sites excluding steroid dienone is 1. The van der Waals surface area contributed by atoms with Gasteiger partial charge in [-0.1, -0.05) is 84.5 Å². The monoisotopic (exact) mass is 1700 g/mol. The van der Waals surface area contributed by atoms with Crippen LogP contribution in [0.25, 0.3) is 20.9 Å². The number of azide groups is 2. The number of hydrogen-bond donors (Lipinski definition) is 3. The molecule has 0 aromatic heterocycles. The van der Waals surface area contributed by atoms with Gasteiger partial charge in [0, 0.05) is 125 Å². The molecule has 0 aromatic carbocycles. The van der Waals surface area contributed by atoms with Gasteiger partial charge in [0.05, 0.1) is 103 Å². The van der Waals surface area contributed by atoms with Gasteiger partial charge >= 0.3 is 47.8 Å². The second kappa shape index (κ2) is 63.3. The minimum Gasteiger partial charge on any atom is -0.463 e. The molecule has 22 atom stereocenters. The molecule has 116 heavy (non-hydrogen) atoms. The van der Waals surface area contributed by atoms with Gasteiger partial charge in [0.1, 0.15) is 49.8 Å². The zero-order valence-electron chi connectivity index (χ0n) is 70.5. The molecule has 0 saturated carbocycles. The van der Waals surface area contributed by atoms with Crippen molar-refractivity contribution >= 4 is 72.1 Å². The van der Waals surface area contributed by atoms with E-state index < -0.39 is 110 Å². The van der Waals surface area contributed by atoms with Crippen molar-refractivity contribution in [2.24, 2.45) is 57.6 Å². The molecule has 4 fully saturated rings. The Bertz CT molecular complexity index is 2890. The van der Waals surface area contributed by atoms with Gasteiger partial charge in [0.25, 0.3) is 0 Å². The van der Waals surface area contributed by atoms with E-state index in [-0.39, 0.29) is 111 Å². The van der Waals surface area contributed by atoms with E-state index in [2.05, 4.69) is 39.3 Å². The largest absolute Gasteiger partial charge is 0.463 e. The zero-order valence-corrected chi connectivity index (χ0v) is 72.2. The fourth-order valence-corrected chi connectivity index (χ4v) is 14.6. The van der Waals surface area contributed by atoms with E-state index in [0.717, 1.165) is 6.42 Å². The van der Waals surface area contributed by atoms with E-state index in [0.29, 0.717) is 161 Å². The van der Waals surface area contributed by atoms with Crippen molar-refractivity contribution in [2.75, 3.05) is 136 Å². The minimum absolute atomic E-state index is 0.0460. The van der Waals surface area contributed by atoms with Crippen LogP contribution in [0.15, 0.2) is 22.9 Å². The third kappa shape index (κ3) is 42.5. The molecule has 4 heterocycles. The molecule has 4 aliphatic heterocycles. The number of hydrogen-bond acceptors (Lipinski definition) is 34. The van der Waals surface area contributed by atoms with Crippen LogP contribution in [0.3, 0.4) is 0 Å². The van der Waals surface area contributed by atoms with Gasteiger partial charge in [-0.15, -0.1) is 6.58 Å². The summed E-state index contributed by atoms with van der Waals surface area (Å²) in [4.78, 5) is 102. The van der Waals surface area contributed by atoms with Gasteiger partial charge in [-0.3, -0.25) is 38.4 Å². The summed E-state index contributed by atoms with van der Waals surface area (Å²) < 4.78 is 114. The highest BCUT2D eigenvalue weighted by molar-refractivity contribution is 7.99.